The molecule has 1 heterocycles. The Hall–Kier alpha value is -2.81. The van der Waals surface area contributed by atoms with Crippen molar-refractivity contribution < 1.29 is 9.47 Å². The first-order valence-corrected chi connectivity index (χ1v) is 10.5. The second-order valence-corrected chi connectivity index (χ2v) is 7.90. The van der Waals surface area contributed by atoms with Gasteiger partial charge in [-0.2, -0.15) is 4.98 Å². The van der Waals surface area contributed by atoms with Crippen molar-refractivity contribution in [1.29, 1.82) is 0 Å². The number of thiocarbonyl (C=S) groups is 1. The van der Waals surface area contributed by atoms with Gasteiger partial charge in [0.1, 0.15) is 17.3 Å². The summed E-state index contributed by atoms with van der Waals surface area (Å²) in [6.07, 6.45) is 5.89. The predicted molar refractivity (Wildman–Crippen MR) is 125 cm³/mol. The first kappa shape index (κ1) is 21.9. The maximum Gasteiger partial charge on any atom is 0.224 e. The van der Waals surface area contributed by atoms with Crippen LogP contribution in [0.25, 0.3) is 0 Å². The van der Waals surface area contributed by atoms with Gasteiger partial charge in [0.25, 0.3) is 0 Å². The van der Waals surface area contributed by atoms with Gasteiger partial charge < -0.3 is 30.3 Å². The predicted octanol–water partition coefficient (Wildman–Crippen LogP) is 3.27. The van der Waals surface area contributed by atoms with Crippen molar-refractivity contribution >= 4 is 34.8 Å². The van der Waals surface area contributed by atoms with Crippen LogP contribution in [0.1, 0.15) is 25.7 Å². The average molecular weight is 431 g/mol. The van der Waals surface area contributed by atoms with Crippen LogP contribution < -0.4 is 30.3 Å². The third-order valence-electron chi connectivity index (χ3n) is 5.15. The van der Waals surface area contributed by atoms with Crippen LogP contribution in [0.5, 0.6) is 11.5 Å². The number of hydrogen-bond donors (Lipinski definition) is 3. The van der Waals surface area contributed by atoms with E-state index in [1.165, 1.54) is 0 Å². The van der Waals surface area contributed by atoms with Crippen LogP contribution in [0.3, 0.4) is 0 Å². The molecule has 0 radical (unpaired) electrons. The Morgan fingerprint density at radius 3 is 2.47 bits per heavy atom. The molecule has 2 aromatic rings. The highest BCUT2D eigenvalue weighted by Gasteiger charge is 2.22. The fraction of sp³-hybridized carbons (Fsp3) is 0.476. The van der Waals surface area contributed by atoms with E-state index < -0.39 is 0 Å². The molecule has 1 aromatic heterocycles. The molecule has 162 valence electrons. The summed E-state index contributed by atoms with van der Waals surface area (Å²) in [6, 6.07) is 8.20. The van der Waals surface area contributed by atoms with E-state index in [2.05, 4.69) is 25.9 Å². The molecule has 1 fully saturated rings. The molecule has 1 aliphatic rings. The van der Waals surface area contributed by atoms with Crippen LogP contribution in [-0.4, -0.2) is 55.5 Å². The van der Waals surface area contributed by atoms with Gasteiger partial charge in [0.05, 0.1) is 19.9 Å². The minimum absolute atomic E-state index is 0.335. The van der Waals surface area contributed by atoms with Gasteiger partial charge in [-0.3, -0.25) is 0 Å². The third-order valence-corrected chi connectivity index (χ3v) is 5.37. The number of nitrogens with one attached hydrogen (secondary N) is 3. The van der Waals surface area contributed by atoms with Crippen LogP contribution >= 0.6 is 12.2 Å². The zero-order valence-corrected chi connectivity index (χ0v) is 18.8. The van der Waals surface area contributed by atoms with Crippen molar-refractivity contribution in [3.05, 3.63) is 30.5 Å². The first-order chi connectivity index (χ1) is 14.5. The standard InChI is InChI=1S/C21H30N6O2S/c1-27(2)19-11-12-22-20(26-19)23-14-5-7-15(8-6-14)24-21(30)25-17-10-9-16(28-3)13-18(17)29-4/h9-15H,5-8H2,1-4H3,(H,22,23,26)(H2,24,25,30). The van der Waals surface area contributed by atoms with Crippen molar-refractivity contribution in [3.8, 4) is 11.5 Å². The number of aromatic nitrogens is 2. The Labute approximate surface area is 183 Å². The molecule has 0 amide bonds. The SMILES string of the molecule is COc1ccc(NC(=S)NC2CCC(Nc3nccc(N(C)C)n3)CC2)c(OC)c1. The second-order valence-electron chi connectivity index (χ2n) is 7.49. The Balaban J connectivity index is 1.47. The number of hydrogen-bond acceptors (Lipinski definition) is 7. The van der Waals surface area contributed by atoms with E-state index in [0.29, 0.717) is 28.9 Å². The molecule has 1 aliphatic carbocycles. The van der Waals surface area contributed by atoms with Crippen molar-refractivity contribution in [1.82, 2.24) is 15.3 Å². The maximum absolute atomic E-state index is 5.51. The molecule has 0 atom stereocenters. The highest BCUT2D eigenvalue weighted by molar-refractivity contribution is 7.80. The normalized spacial score (nSPS) is 18.3. The summed E-state index contributed by atoms with van der Waals surface area (Å²) < 4.78 is 10.7. The second kappa shape index (κ2) is 10.3. The van der Waals surface area contributed by atoms with Crippen LogP contribution in [-0.2, 0) is 0 Å². The van der Waals surface area contributed by atoms with Crippen molar-refractivity contribution in [2.45, 2.75) is 37.8 Å². The average Bonchev–Trinajstić information content (AvgIpc) is 2.75. The lowest BCUT2D eigenvalue weighted by Gasteiger charge is -2.30. The number of rotatable bonds is 7. The Morgan fingerprint density at radius 1 is 1.07 bits per heavy atom. The molecule has 3 rings (SSSR count). The molecule has 0 unspecified atom stereocenters. The molecule has 9 heteroatoms. The highest BCUT2D eigenvalue weighted by Crippen LogP contribution is 2.29. The molecule has 30 heavy (non-hydrogen) atoms. The molecular formula is C21H30N6O2S. The van der Waals surface area contributed by atoms with Gasteiger partial charge in [0.15, 0.2) is 5.11 Å². The minimum atomic E-state index is 0.335. The number of anilines is 3. The van der Waals surface area contributed by atoms with E-state index in [9.17, 15) is 0 Å². The summed E-state index contributed by atoms with van der Waals surface area (Å²) in [5.74, 6) is 3.00. The van der Waals surface area contributed by atoms with Gasteiger partial charge in [-0.15, -0.1) is 0 Å². The summed E-state index contributed by atoms with van der Waals surface area (Å²) in [5, 5.41) is 10.7. The Morgan fingerprint density at radius 2 is 1.80 bits per heavy atom. The van der Waals surface area contributed by atoms with Crippen LogP contribution in [0, 0.1) is 0 Å². The molecule has 8 nitrogen and oxygen atoms in total. The number of ether oxygens (including phenoxy) is 2. The van der Waals surface area contributed by atoms with E-state index in [0.717, 1.165) is 42.9 Å². The zero-order valence-electron chi connectivity index (χ0n) is 17.9. The smallest absolute Gasteiger partial charge is 0.224 e. The summed E-state index contributed by atoms with van der Waals surface area (Å²) in [4.78, 5) is 10.9. The summed E-state index contributed by atoms with van der Waals surface area (Å²) >= 11 is 5.51. The third kappa shape index (κ3) is 5.85. The van der Waals surface area contributed by atoms with Crippen molar-refractivity contribution in [2.24, 2.45) is 0 Å². The van der Waals surface area contributed by atoms with Crippen molar-refractivity contribution in [2.75, 3.05) is 43.8 Å². The van der Waals surface area contributed by atoms with Crippen LogP contribution in [0.4, 0.5) is 17.5 Å². The van der Waals surface area contributed by atoms with Gasteiger partial charge >= 0.3 is 0 Å². The lowest BCUT2D eigenvalue weighted by atomic mass is 9.91. The zero-order chi connectivity index (χ0) is 21.5. The monoisotopic (exact) mass is 430 g/mol. The molecule has 0 bridgehead atoms. The fourth-order valence-corrected chi connectivity index (χ4v) is 3.75. The molecular weight excluding hydrogens is 400 g/mol. The summed E-state index contributed by atoms with van der Waals surface area (Å²) in [6.45, 7) is 0. The van der Waals surface area contributed by atoms with Gasteiger partial charge in [0, 0.05) is 38.4 Å². The Bertz CT molecular complexity index is 855. The van der Waals surface area contributed by atoms with E-state index in [1.807, 2.05) is 43.3 Å². The van der Waals surface area contributed by atoms with E-state index in [1.54, 1.807) is 20.4 Å². The van der Waals surface area contributed by atoms with Gasteiger partial charge in [-0.25, -0.2) is 4.98 Å². The van der Waals surface area contributed by atoms with Crippen LogP contribution in [0.15, 0.2) is 30.5 Å². The molecule has 1 aromatic carbocycles. The largest absolute Gasteiger partial charge is 0.497 e. The molecule has 1 saturated carbocycles. The summed E-state index contributed by atoms with van der Waals surface area (Å²) in [7, 11) is 7.20. The van der Waals surface area contributed by atoms with E-state index >= 15 is 0 Å². The maximum atomic E-state index is 5.51. The quantitative estimate of drug-likeness (QED) is 0.573. The lowest BCUT2D eigenvalue weighted by Crippen LogP contribution is -2.42. The van der Waals surface area contributed by atoms with Crippen molar-refractivity contribution in [3.63, 3.8) is 0 Å². The van der Waals surface area contributed by atoms with E-state index in [-0.39, 0.29) is 0 Å². The van der Waals surface area contributed by atoms with Gasteiger partial charge in [-0.1, -0.05) is 0 Å². The van der Waals surface area contributed by atoms with E-state index in [4.69, 9.17) is 21.7 Å². The molecule has 0 spiro atoms. The topological polar surface area (TPSA) is 83.6 Å². The first-order valence-electron chi connectivity index (χ1n) is 10.0. The van der Waals surface area contributed by atoms with Crippen LogP contribution in [0.2, 0.25) is 0 Å². The minimum Gasteiger partial charge on any atom is -0.497 e. The number of nitrogens with zero attached hydrogens (tertiary/aromatic N) is 3. The van der Waals surface area contributed by atoms with Gasteiger partial charge in [-0.05, 0) is 56.1 Å². The number of benzene rings is 1. The fourth-order valence-electron chi connectivity index (χ4n) is 3.48. The highest BCUT2D eigenvalue weighted by atomic mass is 32.1. The molecule has 0 aliphatic heterocycles. The van der Waals surface area contributed by atoms with Gasteiger partial charge in [0.2, 0.25) is 5.95 Å². The molecule has 3 N–H and O–H groups in total. The number of methoxy groups -OCH3 is 2. The molecule has 0 saturated heterocycles. The summed E-state index contributed by atoms with van der Waals surface area (Å²) in [5.41, 5.74) is 0.809. The lowest BCUT2D eigenvalue weighted by molar-refractivity contribution is 0.387. The Kier molecular flexibility index (Phi) is 7.51.